The highest BCUT2D eigenvalue weighted by Crippen LogP contribution is 1.97. The largest absolute Gasteiger partial charge is 0.360 e. The Bertz CT molecular complexity index is 6680. The van der Waals surface area contributed by atoms with E-state index in [2.05, 4.69) is 76.3 Å². The van der Waals surface area contributed by atoms with E-state index in [-0.39, 0.29) is 91.6 Å². The predicted octanol–water partition coefficient (Wildman–Crippen LogP) is -0.300. The van der Waals surface area contributed by atoms with E-state index in [4.69, 9.17) is 38.5 Å². The molecule has 7 aromatic heterocycles. The molecule has 0 aliphatic rings. The first-order chi connectivity index (χ1) is 62.8. The fourth-order valence-corrected chi connectivity index (χ4v) is 11.7. The highest BCUT2D eigenvalue weighted by Gasteiger charge is 2.21. The zero-order chi connectivity index (χ0) is 101. The molecule has 7 aromatic rings. The lowest BCUT2D eigenvalue weighted by atomic mass is 10.3. The molecule has 0 fully saturated rings. The van der Waals surface area contributed by atoms with Crippen molar-refractivity contribution in [2.45, 2.75) is 270 Å². The van der Waals surface area contributed by atoms with E-state index in [9.17, 15) is 101 Å². The molecule has 0 aliphatic carbocycles. The molecule has 710 valence electrons. The fraction of sp³-hybridized carbons (Fsp3) is 0.456. The van der Waals surface area contributed by atoms with Crippen molar-refractivity contribution in [3.8, 4) is 74.3 Å². The molecule has 7 rings (SSSR count). The summed E-state index contributed by atoms with van der Waals surface area (Å²) in [6, 6.07) is 3.80. The van der Waals surface area contributed by atoms with E-state index in [1.807, 2.05) is 60.6 Å². The van der Waals surface area contributed by atoms with Gasteiger partial charge in [0.25, 0.3) is 0 Å². The van der Waals surface area contributed by atoms with Crippen molar-refractivity contribution >= 4 is 12.4 Å². The molecule has 0 atom stereocenters. The van der Waals surface area contributed by atoms with Crippen LogP contribution in [0.5, 0.6) is 0 Å². The Labute approximate surface area is 757 Å². The average molecular weight is 1830 g/mol. The standard InChI is InChI=1S/2C15H23N3O3.C13H19N3O3.C13H15N3O3.C12H13N3O3.C11H15N3O3.C11H11N3O3/c1-6-7-8-16-13(19)17(9-11(2)3)15(21)18(14(16)20)10-12(4)5;1-4-7-10-16-13(19)17(11-8-5-2)15(21)18(14(16)20)12-9-6-3;2*1-4-7-10-16-12(18)14(8-5-2)11(17)15(9-6-3)13(16)19;1-4-7-13-10(16)14(8-5-2)12(18)15(9-6-3)11(13)17;2*1-4-7-8-14-10(16)12(5-2)9(15)13(6-3)11(14)17/h2,4,6-10H2,1,3,5H3;4-5H,1-2,6-12H2,3H3;5-6H,2-4,7-10H2,1H3;2-3H,4,7-10H2,1H3;1-2H,6-9H2,3H3;5-6H,2-4,7-8H2,1H3;2-3H,4,7-8H2,1H3. The van der Waals surface area contributed by atoms with Gasteiger partial charge in [-0.1, -0.05) is 185 Å². The summed E-state index contributed by atoms with van der Waals surface area (Å²) in [5, 5.41) is 0. The van der Waals surface area contributed by atoms with Crippen molar-refractivity contribution in [3.05, 3.63) is 308 Å². The second-order valence-corrected chi connectivity index (χ2v) is 28.7. The van der Waals surface area contributed by atoms with E-state index in [1.54, 1.807) is 26.0 Å². The minimum Gasteiger partial charge on any atom is -0.247 e. The Morgan fingerprint density at radius 3 is 0.667 bits per heavy atom. The van der Waals surface area contributed by atoms with E-state index < -0.39 is 119 Å². The monoisotopic (exact) mass is 1830 g/mol. The summed E-state index contributed by atoms with van der Waals surface area (Å²) < 4.78 is 19.5. The molecule has 0 unspecified atom stereocenters. The highest BCUT2D eigenvalue weighted by molar-refractivity contribution is 5.20. The Kier molecular flexibility index (Phi) is 50.6. The van der Waals surface area contributed by atoms with Gasteiger partial charge in [-0.05, 0) is 71.6 Å². The van der Waals surface area contributed by atoms with Crippen LogP contribution in [0.1, 0.15) is 159 Å². The normalized spacial score (nSPS) is 10.1. The minimum atomic E-state index is -0.988. The number of hydrogen-bond acceptors (Lipinski definition) is 21. The Morgan fingerprint density at radius 1 is 0.242 bits per heavy atom. The molecular weight excluding hydrogens is 1710 g/mol. The molecule has 42 heteroatoms. The lowest BCUT2D eigenvalue weighted by Crippen LogP contribution is -2.54. The third kappa shape index (κ3) is 29.9. The number of aromatic nitrogens is 21. The van der Waals surface area contributed by atoms with Gasteiger partial charge in [-0.2, -0.15) is 9.13 Å². The smallest absolute Gasteiger partial charge is 0.247 e. The molecular formula is C90H119N21O21. The fourth-order valence-electron chi connectivity index (χ4n) is 11.7. The maximum absolute atomic E-state index is 12.3. The summed E-state index contributed by atoms with van der Waals surface area (Å²) in [5.41, 5.74) is -12.8. The summed E-state index contributed by atoms with van der Waals surface area (Å²) in [6.07, 6.45) is 49.6. The summed E-state index contributed by atoms with van der Waals surface area (Å²) in [7, 11) is 0. The first-order valence-corrected chi connectivity index (χ1v) is 42.1. The molecule has 0 saturated heterocycles. The average Bonchev–Trinajstić information content (AvgIpc) is 0.781. The molecule has 0 spiro atoms. The van der Waals surface area contributed by atoms with Crippen LogP contribution in [0.4, 0.5) is 0 Å². The van der Waals surface area contributed by atoms with Crippen molar-refractivity contribution in [1.82, 2.24) is 95.9 Å². The van der Waals surface area contributed by atoms with Gasteiger partial charge < -0.3 is 0 Å². The lowest BCUT2D eigenvalue weighted by Gasteiger charge is -2.13. The summed E-state index contributed by atoms with van der Waals surface area (Å²) >= 11 is 0. The van der Waals surface area contributed by atoms with E-state index >= 15 is 0 Å². The van der Waals surface area contributed by atoms with Crippen LogP contribution in [-0.2, 0) is 111 Å². The van der Waals surface area contributed by atoms with E-state index in [1.165, 1.54) is 12.2 Å². The molecule has 0 bridgehead atoms. The van der Waals surface area contributed by atoms with Gasteiger partial charge in [0.2, 0.25) is 0 Å². The van der Waals surface area contributed by atoms with Crippen molar-refractivity contribution < 1.29 is 0 Å². The topological polar surface area (TPSA) is 462 Å². The van der Waals surface area contributed by atoms with Crippen molar-refractivity contribution in [2.24, 2.45) is 0 Å². The van der Waals surface area contributed by atoms with Crippen LogP contribution in [-0.4, -0.2) is 95.9 Å². The van der Waals surface area contributed by atoms with Crippen LogP contribution in [0.15, 0.2) is 189 Å². The van der Waals surface area contributed by atoms with E-state index in [0.29, 0.717) is 91.3 Å². The Hall–Kier alpha value is -15.9. The number of unbranched alkanes of at least 4 members (excludes halogenated alkanes) is 6. The van der Waals surface area contributed by atoms with Gasteiger partial charge in [0.15, 0.2) is 0 Å². The van der Waals surface area contributed by atoms with Gasteiger partial charge in [0, 0.05) is 83.4 Å². The lowest BCUT2D eigenvalue weighted by molar-refractivity contribution is 0.440. The molecule has 0 aliphatic heterocycles. The third-order valence-electron chi connectivity index (χ3n) is 18.5. The quantitative estimate of drug-likeness (QED) is 0.0351. The number of hydrogen-bond donors (Lipinski definition) is 0. The Balaban J connectivity index is 0.000000771. The van der Waals surface area contributed by atoms with Crippen molar-refractivity contribution in [2.75, 3.05) is 0 Å². The van der Waals surface area contributed by atoms with Crippen LogP contribution in [0.3, 0.4) is 0 Å². The van der Waals surface area contributed by atoms with Crippen molar-refractivity contribution in [1.29, 1.82) is 0 Å². The summed E-state index contributed by atoms with van der Waals surface area (Å²) in [5.74, 6) is 8.85. The summed E-state index contributed by atoms with van der Waals surface area (Å²) in [4.78, 5) is 252. The van der Waals surface area contributed by atoms with Crippen LogP contribution in [0.2, 0.25) is 0 Å². The van der Waals surface area contributed by atoms with Crippen LogP contribution in [0, 0.1) is 74.3 Å². The Morgan fingerprint density at radius 2 is 0.447 bits per heavy atom. The van der Waals surface area contributed by atoms with Gasteiger partial charge in [0.05, 0.1) is 52.4 Å². The SMILES string of the molecule is C#CCn1c(=O)n(CC#C)c(=O)n(CCC)c1=O.C#CCn1c(=O)n(CC#C)c(=O)n(CCCC)c1=O.C#Cn1c(=O)n(C#C)c(=O)n(CCCC)c1=O.C=C(C)Cn1c(=O)n(CCCC)c(=O)n(CC(=C)C)c1=O.C=CCCn1c(=O)n(CCC=C)c(=O)n(CCCC)c1=O.C=CCn1c(=O)n(CC=C)c(=O)n(CCCC)c1=O.C=Cn1c(=O)n(C=C)c(=O)n(CCCC)c1=O. The van der Waals surface area contributed by atoms with Gasteiger partial charge in [-0.3, -0.25) is 0 Å². The molecule has 0 N–H and O–H groups in total. The van der Waals surface area contributed by atoms with E-state index in [0.717, 1.165) is 144 Å². The first-order valence-electron chi connectivity index (χ1n) is 42.1. The number of nitrogens with zero attached hydrogens (tertiary/aromatic N) is 21. The predicted molar refractivity (Wildman–Crippen MR) is 511 cm³/mol. The van der Waals surface area contributed by atoms with Crippen LogP contribution >= 0.6 is 0 Å². The first kappa shape index (κ1) is 114. The minimum absolute atomic E-state index is 0.0845. The van der Waals surface area contributed by atoms with Gasteiger partial charge in [-0.15, -0.1) is 52.0 Å². The number of terminal acetylenes is 6. The molecule has 0 aromatic carbocycles. The number of rotatable bonds is 40. The molecule has 132 heavy (non-hydrogen) atoms. The van der Waals surface area contributed by atoms with Crippen LogP contribution in [0.25, 0.3) is 12.4 Å². The van der Waals surface area contributed by atoms with Crippen molar-refractivity contribution in [3.63, 3.8) is 0 Å². The van der Waals surface area contributed by atoms with Gasteiger partial charge >= 0.3 is 119 Å². The maximum atomic E-state index is 12.3. The zero-order valence-corrected chi connectivity index (χ0v) is 76.7. The van der Waals surface area contributed by atoms with Gasteiger partial charge in [-0.25, -0.2) is 187 Å². The highest BCUT2D eigenvalue weighted by atomic mass is 16.2. The molecule has 7 heterocycles. The maximum Gasteiger partial charge on any atom is 0.360 e. The number of allylic oxidation sites excluding steroid dienone is 6. The van der Waals surface area contributed by atoms with Gasteiger partial charge in [0.1, 0.15) is 0 Å². The van der Waals surface area contributed by atoms with Crippen LogP contribution < -0.4 is 119 Å². The molecule has 0 radical (unpaired) electrons. The molecule has 0 amide bonds. The zero-order valence-electron chi connectivity index (χ0n) is 76.7. The molecule has 42 nitrogen and oxygen atoms in total. The second-order valence-electron chi connectivity index (χ2n) is 28.7. The second kappa shape index (κ2) is 58.5. The third-order valence-corrected chi connectivity index (χ3v) is 18.5. The summed E-state index contributed by atoms with van der Waals surface area (Å²) in [6.45, 7) is 47.4. The molecule has 0 saturated carbocycles.